The Morgan fingerprint density at radius 2 is 2.00 bits per heavy atom. The van der Waals surface area contributed by atoms with E-state index in [2.05, 4.69) is 43.2 Å². The number of thiophene rings is 1. The van der Waals surface area contributed by atoms with Crippen LogP contribution in [-0.4, -0.2) is 12.5 Å². The second-order valence-corrected chi connectivity index (χ2v) is 9.91. The predicted octanol–water partition coefficient (Wildman–Crippen LogP) is 3.32. The first-order chi connectivity index (χ1) is 4.50. The Kier molecular flexibility index (Phi) is 2.38. The van der Waals surface area contributed by atoms with Crippen LogP contribution in [0.2, 0.25) is 0 Å². The predicted molar refractivity (Wildman–Crippen MR) is 55.7 cm³/mol. The van der Waals surface area contributed by atoms with Crippen molar-refractivity contribution < 1.29 is 0 Å². The number of thiol groups is 1. The van der Waals surface area contributed by atoms with Gasteiger partial charge in [0.05, 0.1) is 4.21 Å². The molecule has 1 aromatic rings. The molecule has 1 heterocycles. The summed E-state index contributed by atoms with van der Waals surface area (Å²) in [6.07, 6.45) is 4.39. The topological polar surface area (TPSA) is 0 Å². The fourth-order valence-corrected chi connectivity index (χ4v) is 3.40. The largest absolute Gasteiger partial charge is 0.165 e. The molecule has 0 amide bonds. The average molecular weight is 192 g/mol. The van der Waals surface area contributed by atoms with E-state index in [-0.39, 0.29) is 0 Å². The van der Waals surface area contributed by atoms with Gasteiger partial charge in [0.15, 0.2) is 0 Å². The lowest BCUT2D eigenvalue weighted by atomic mass is 10.5. The van der Waals surface area contributed by atoms with E-state index >= 15 is 0 Å². The molecule has 0 bridgehead atoms. The van der Waals surface area contributed by atoms with E-state index in [1.807, 2.05) is 11.3 Å². The molecule has 0 saturated heterocycles. The molecule has 0 unspecified atom stereocenters. The van der Waals surface area contributed by atoms with Crippen LogP contribution in [0.1, 0.15) is 4.88 Å². The van der Waals surface area contributed by atoms with Crippen LogP contribution in [0.3, 0.4) is 0 Å². The molecular weight excluding hydrogens is 180 g/mol. The van der Waals surface area contributed by atoms with Crippen LogP contribution in [0.5, 0.6) is 0 Å². The fraction of sp³-hybridized carbons (Fsp3) is 0.429. The summed E-state index contributed by atoms with van der Waals surface area (Å²) in [5.74, 6) is 0. The highest BCUT2D eigenvalue weighted by atomic mass is 33.1. The first-order valence-electron chi connectivity index (χ1n) is 3.02. The average Bonchev–Trinajstić information content (AvgIpc) is 2.11. The summed E-state index contributed by atoms with van der Waals surface area (Å²) in [6, 6.07) is 4.34. The molecule has 0 aliphatic rings. The Morgan fingerprint density at radius 1 is 1.40 bits per heavy atom. The molecule has 0 aliphatic heterocycles. The quantitative estimate of drug-likeness (QED) is 0.512. The fourth-order valence-electron chi connectivity index (χ4n) is 0.681. The molecule has 10 heavy (non-hydrogen) atoms. The van der Waals surface area contributed by atoms with E-state index in [4.69, 9.17) is 0 Å². The minimum atomic E-state index is -0.769. The van der Waals surface area contributed by atoms with Crippen molar-refractivity contribution >= 4 is 32.1 Å². The summed E-state index contributed by atoms with van der Waals surface area (Å²) in [6.45, 7) is 2.13. The first-order valence-corrected chi connectivity index (χ1v) is 7.34. The maximum Gasteiger partial charge on any atom is 0.0512 e. The summed E-state index contributed by atoms with van der Waals surface area (Å²) < 4.78 is 1.42. The number of rotatable bonds is 1. The summed E-state index contributed by atoms with van der Waals surface area (Å²) in [7, 11) is -0.769. The Hall–Kier alpha value is 0.400. The van der Waals surface area contributed by atoms with E-state index in [1.54, 1.807) is 0 Å². The molecule has 0 saturated carbocycles. The molecule has 1 aromatic heterocycles. The molecule has 0 atom stereocenters. The molecule has 0 aromatic carbocycles. The minimum absolute atomic E-state index is 0.769. The van der Waals surface area contributed by atoms with Crippen molar-refractivity contribution in [3.05, 3.63) is 17.0 Å². The highest BCUT2D eigenvalue weighted by molar-refractivity contribution is 8.87. The van der Waals surface area contributed by atoms with Crippen molar-refractivity contribution in [1.29, 1.82) is 0 Å². The standard InChI is InChI=1S/C7H12S3/c1-6-4-5-7(9-6)10(2,3)8/h4-5,8H,1-3H3. The molecule has 0 aliphatic carbocycles. The second-order valence-electron chi connectivity index (χ2n) is 2.64. The van der Waals surface area contributed by atoms with Crippen molar-refractivity contribution in [3.63, 3.8) is 0 Å². The van der Waals surface area contributed by atoms with E-state index in [0.29, 0.717) is 0 Å². The van der Waals surface area contributed by atoms with Gasteiger partial charge in [-0.1, -0.05) is 0 Å². The van der Waals surface area contributed by atoms with Crippen LogP contribution in [-0.2, 0) is 0 Å². The minimum Gasteiger partial charge on any atom is -0.165 e. The molecule has 58 valence electrons. The molecule has 1 rings (SSSR count). The summed E-state index contributed by atoms with van der Waals surface area (Å²) >= 11 is 6.41. The van der Waals surface area contributed by atoms with Crippen LogP contribution < -0.4 is 0 Å². The smallest absolute Gasteiger partial charge is 0.0512 e. The Morgan fingerprint density at radius 3 is 2.20 bits per heavy atom. The first kappa shape index (κ1) is 8.50. The maximum atomic E-state index is 4.55. The summed E-state index contributed by atoms with van der Waals surface area (Å²) in [4.78, 5) is 1.38. The van der Waals surface area contributed by atoms with Gasteiger partial charge in [0, 0.05) is 4.88 Å². The van der Waals surface area contributed by atoms with Crippen molar-refractivity contribution in [3.8, 4) is 0 Å². The van der Waals surface area contributed by atoms with E-state index in [1.165, 1.54) is 9.09 Å². The van der Waals surface area contributed by atoms with Gasteiger partial charge in [-0.05, 0) is 31.6 Å². The lowest BCUT2D eigenvalue weighted by molar-refractivity contribution is 1.63. The third-order valence-electron chi connectivity index (χ3n) is 1.21. The van der Waals surface area contributed by atoms with Gasteiger partial charge in [0.25, 0.3) is 0 Å². The third kappa shape index (κ3) is 1.94. The second kappa shape index (κ2) is 2.80. The Labute approximate surface area is 72.8 Å². The summed E-state index contributed by atoms with van der Waals surface area (Å²) in [5, 5.41) is 0. The van der Waals surface area contributed by atoms with Gasteiger partial charge in [-0.3, -0.25) is 0 Å². The molecule has 0 fully saturated rings. The SMILES string of the molecule is Cc1ccc(S(C)(C)S)s1. The van der Waals surface area contributed by atoms with Gasteiger partial charge in [-0.2, -0.15) is 9.06 Å². The molecular formula is C7H12S3. The monoisotopic (exact) mass is 192 g/mol. The Balaban J connectivity index is 2.96. The lowest BCUT2D eigenvalue weighted by Gasteiger charge is -2.21. The van der Waals surface area contributed by atoms with E-state index < -0.39 is 9.06 Å². The van der Waals surface area contributed by atoms with Crippen molar-refractivity contribution in [2.24, 2.45) is 0 Å². The van der Waals surface area contributed by atoms with Gasteiger partial charge in [-0.15, -0.1) is 23.0 Å². The van der Waals surface area contributed by atoms with Gasteiger partial charge < -0.3 is 0 Å². The van der Waals surface area contributed by atoms with E-state index in [9.17, 15) is 0 Å². The summed E-state index contributed by atoms with van der Waals surface area (Å²) in [5.41, 5.74) is 0. The Bertz CT molecular complexity index is 219. The van der Waals surface area contributed by atoms with Crippen LogP contribution in [0.25, 0.3) is 0 Å². The van der Waals surface area contributed by atoms with Gasteiger partial charge in [0.2, 0.25) is 0 Å². The zero-order valence-electron chi connectivity index (χ0n) is 6.42. The normalized spacial score (nSPS) is 13.6. The van der Waals surface area contributed by atoms with Crippen molar-refractivity contribution in [2.45, 2.75) is 11.1 Å². The zero-order chi connectivity index (χ0) is 7.78. The van der Waals surface area contributed by atoms with Gasteiger partial charge >= 0.3 is 0 Å². The maximum absolute atomic E-state index is 4.55. The van der Waals surface area contributed by atoms with Crippen LogP contribution in [0, 0.1) is 6.92 Å². The lowest BCUT2D eigenvalue weighted by Crippen LogP contribution is -1.79. The molecule has 0 radical (unpaired) electrons. The number of hydrogen-bond donors (Lipinski definition) is 1. The number of hydrogen-bond acceptors (Lipinski definition) is 2. The number of aryl methyl sites for hydroxylation is 1. The molecule has 3 heteroatoms. The van der Waals surface area contributed by atoms with Gasteiger partial charge in [0.1, 0.15) is 0 Å². The van der Waals surface area contributed by atoms with Crippen molar-refractivity contribution in [1.82, 2.24) is 0 Å². The van der Waals surface area contributed by atoms with E-state index in [0.717, 1.165) is 0 Å². The van der Waals surface area contributed by atoms with Crippen LogP contribution in [0.15, 0.2) is 16.3 Å². The zero-order valence-corrected chi connectivity index (χ0v) is 8.95. The molecule has 0 N–H and O–H groups in total. The van der Waals surface area contributed by atoms with Gasteiger partial charge in [-0.25, -0.2) is 0 Å². The van der Waals surface area contributed by atoms with Crippen molar-refractivity contribution in [2.75, 3.05) is 12.5 Å². The molecule has 0 spiro atoms. The third-order valence-corrected chi connectivity index (χ3v) is 5.58. The highest BCUT2D eigenvalue weighted by Gasteiger charge is 2.09. The van der Waals surface area contributed by atoms with Crippen LogP contribution in [0.4, 0.5) is 0 Å². The van der Waals surface area contributed by atoms with Crippen LogP contribution >= 0.6 is 32.1 Å². The molecule has 0 nitrogen and oxygen atoms in total. The highest BCUT2D eigenvalue weighted by Crippen LogP contribution is 2.55.